The molecule has 0 bridgehead atoms. The maximum Gasteiger partial charge on any atom is 0.254 e. The van der Waals surface area contributed by atoms with Crippen molar-refractivity contribution in [3.05, 3.63) is 29.6 Å². The molecule has 1 aromatic carbocycles. The van der Waals surface area contributed by atoms with Gasteiger partial charge < -0.3 is 20.1 Å². The molecule has 0 aliphatic carbocycles. The Kier molecular flexibility index (Phi) is 6.24. The Hall–Kier alpha value is -1.66. The first-order valence-corrected chi connectivity index (χ1v) is 5.98. The zero-order chi connectivity index (χ0) is 14.3. The predicted molar refractivity (Wildman–Crippen MR) is 69.8 cm³/mol. The molecule has 106 valence electrons. The van der Waals surface area contributed by atoms with Crippen LogP contribution >= 0.6 is 0 Å². The highest BCUT2D eigenvalue weighted by Gasteiger charge is 2.11. The lowest BCUT2D eigenvalue weighted by Gasteiger charge is -2.16. The monoisotopic (exact) mass is 270 g/mol. The van der Waals surface area contributed by atoms with Crippen LogP contribution in [0.5, 0.6) is 5.75 Å². The normalized spacial score (nSPS) is 10.7. The molecular weight excluding hydrogens is 251 g/mol. The number of amides is 1. The van der Waals surface area contributed by atoms with Gasteiger partial charge in [0.2, 0.25) is 0 Å². The maximum absolute atomic E-state index is 13.4. The van der Waals surface area contributed by atoms with E-state index in [4.69, 9.17) is 9.84 Å². The Bertz CT molecular complexity index is 426. The zero-order valence-electron chi connectivity index (χ0n) is 11.1. The van der Waals surface area contributed by atoms with Gasteiger partial charge in [0.05, 0.1) is 12.2 Å². The molecule has 0 saturated heterocycles. The fourth-order valence-corrected chi connectivity index (χ4v) is 1.50. The first-order chi connectivity index (χ1) is 9.04. The molecule has 0 aliphatic rings. The number of hydrogen-bond donors (Lipinski definition) is 2. The number of rotatable bonds is 7. The first kappa shape index (κ1) is 15.4. The van der Waals surface area contributed by atoms with Crippen molar-refractivity contribution in [2.45, 2.75) is 0 Å². The number of carbonyl (C=O) groups excluding carboxylic acids is 1. The molecule has 6 heteroatoms. The molecule has 0 fully saturated rings. The van der Waals surface area contributed by atoms with E-state index >= 15 is 0 Å². The predicted octanol–water partition coefficient (Wildman–Crippen LogP) is 0.839. The third kappa shape index (κ3) is 5.23. The van der Waals surface area contributed by atoms with Gasteiger partial charge in [-0.05, 0) is 19.2 Å². The zero-order valence-corrected chi connectivity index (χ0v) is 11.1. The van der Waals surface area contributed by atoms with Gasteiger partial charge in [0.25, 0.3) is 5.91 Å². The van der Waals surface area contributed by atoms with E-state index in [2.05, 4.69) is 5.32 Å². The van der Waals surface area contributed by atoms with Crippen molar-refractivity contribution in [3.8, 4) is 5.75 Å². The number of phenols is 1. The number of aromatic hydroxyl groups is 1. The number of phenolic OH excluding ortho intramolecular Hbond substituents is 1. The van der Waals surface area contributed by atoms with Gasteiger partial charge in [-0.2, -0.15) is 0 Å². The molecule has 0 aliphatic heterocycles. The molecule has 0 atom stereocenters. The van der Waals surface area contributed by atoms with Gasteiger partial charge >= 0.3 is 0 Å². The fraction of sp³-hybridized carbons (Fsp3) is 0.462. The van der Waals surface area contributed by atoms with Crippen LogP contribution in [0.15, 0.2) is 18.2 Å². The summed E-state index contributed by atoms with van der Waals surface area (Å²) in [6.07, 6.45) is 0. The van der Waals surface area contributed by atoms with Crippen molar-refractivity contribution in [2.75, 3.05) is 40.4 Å². The van der Waals surface area contributed by atoms with Crippen molar-refractivity contribution in [2.24, 2.45) is 0 Å². The van der Waals surface area contributed by atoms with Crippen LogP contribution in [0.2, 0.25) is 0 Å². The van der Waals surface area contributed by atoms with E-state index in [9.17, 15) is 9.18 Å². The first-order valence-electron chi connectivity index (χ1n) is 5.98. The van der Waals surface area contributed by atoms with E-state index in [1.54, 1.807) is 7.11 Å². The van der Waals surface area contributed by atoms with Crippen LogP contribution in [0.1, 0.15) is 10.4 Å². The van der Waals surface area contributed by atoms with Crippen LogP contribution in [-0.4, -0.2) is 56.3 Å². The van der Waals surface area contributed by atoms with Crippen LogP contribution in [-0.2, 0) is 4.74 Å². The van der Waals surface area contributed by atoms with Crippen LogP contribution < -0.4 is 5.32 Å². The van der Waals surface area contributed by atoms with E-state index in [0.29, 0.717) is 19.7 Å². The SMILES string of the molecule is COCCN(C)CCNC(=O)c1ccc(O)cc1F. The molecule has 1 rings (SSSR count). The van der Waals surface area contributed by atoms with Crippen molar-refractivity contribution < 1.29 is 19.0 Å². The van der Waals surface area contributed by atoms with Crippen LogP contribution in [0.25, 0.3) is 0 Å². The quantitative estimate of drug-likeness (QED) is 0.770. The number of benzene rings is 1. The summed E-state index contributed by atoms with van der Waals surface area (Å²) in [5.41, 5.74) is -0.0719. The summed E-state index contributed by atoms with van der Waals surface area (Å²) < 4.78 is 18.3. The van der Waals surface area contributed by atoms with Gasteiger partial charge in [0.1, 0.15) is 11.6 Å². The lowest BCUT2D eigenvalue weighted by molar-refractivity contribution is 0.0943. The smallest absolute Gasteiger partial charge is 0.254 e. The standard InChI is InChI=1S/C13H19FN2O3/c1-16(7-8-19-2)6-5-15-13(18)11-4-3-10(17)9-12(11)14/h3-4,9,17H,5-8H2,1-2H3,(H,15,18). The Balaban J connectivity index is 2.39. The second-order valence-corrected chi connectivity index (χ2v) is 4.22. The van der Waals surface area contributed by atoms with E-state index in [1.807, 2.05) is 11.9 Å². The van der Waals surface area contributed by atoms with Gasteiger partial charge in [-0.25, -0.2) is 4.39 Å². The molecule has 0 aromatic heterocycles. The van der Waals surface area contributed by atoms with E-state index < -0.39 is 11.7 Å². The molecule has 1 aromatic rings. The summed E-state index contributed by atoms with van der Waals surface area (Å²) in [7, 11) is 3.54. The Morgan fingerprint density at radius 3 is 2.84 bits per heavy atom. The number of hydrogen-bond acceptors (Lipinski definition) is 4. The number of carbonyl (C=O) groups is 1. The van der Waals surface area contributed by atoms with Crippen LogP contribution in [0, 0.1) is 5.82 Å². The number of likely N-dealkylation sites (N-methyl/N-ethyl adjacent to an activating group) is 1. The average molecular weight is 270 g/mol. The number of ether oxygens (including phenoxy) is 1. The molecule has 0 saturated carbocycles. The van der Waals surface area contributed by atoms with E-state index in [1.165, 1.54) is 12.1 Å². The van der Waals surface area contributed by atoms with Gasteiger partial charge in [-0.15, -0.1) is 0 Å². The molecule has 19 heavy (non-hydrogen) atoms. The minimum atomic E-state index is -0.731. The Morgan fingerprint density at radius 2 is 2.21 bits per heavy atom. The summed E-state index contributed by atoms with van der Waals surface area (Å²) in [4.78, 5) is 13.7. The lowest BCUT2D eigenvalue weighted by atomic mass is 10.2. The van der Waals surface area contributed by atoms with Crippen molar-refractivity contribution >= 4 is 5.91 Å². The number of methoxy groups -OCH3 is 1. The van der Waals surface area contributed by atoms with Crippen molar-refractivity contribution in [1.82, 2.24) is 10.2 Å². The van der Waals surface area contributed by atoms with Gasteiger partial charge in [-0.3, -0.25) is 4.79 Å². The summed E-state index contributed by atoms with van der Waals surface area (Å²) in [6, 6.07) is 3.46. The third-order valence-electron chi connectivity index (χ3n) is 2.65. The second kappa shape index (κ2) is 7.70. The van der Waals surface area contributed by atoms with E-state index in [0.717, 1.165) is 12.6 Å². The average Bonchev–Trinajstić information content (AvgIpc) is 2.36. The molecule has 5 nitrogen and oxygen atoms in total. The maximum atomic E-state index is 13.4. The molecule has 2 N–H and O–H groups in total. The number of halogens is 1. The number of nitrogens with one attached hydrogen (secondary N) is 1. The Morgan fingerprint density at radius 1 is 1.47 bits per heavy atom. The summed E-state index contributed by atoms with van der Waals surface area (Å²) >= 11 is 0. The van der Waals surface area contributed by atoms with Crippen LogP contribution in [0.4, 0.5) is 4.39 Å². The third-order valence-corrected chi connectivity index (χ3v) is 2.65. The van der Waals surface area contributed by atoms with Gasteiger partial charge in [-0.1, -0.05) is 0 Å². The molecular formula is C13H19FN2O3. The molecule has 0 heterocycles. The molecule has 0 radical (unpaired) electrons. The summed E-state index contributed by atoms with van der Waals surface area (Å²) in [6.45, 7) is 2.45. The van der Waals surface area contributed by atoms with Crippen molar-refractivity contribution in [1.29, 1.82) is 0 Å². The highest BCUT2D eigenvalue weighted by atomic mass is 19.1. The van der Waals surface area contributed by atoms with Gasteiger partial charge in [0, 0.05) is 32.8 Å². The van der Waals surface area contributed by atoms with Gasteiger partial charge in [0.15, 0.2) is 0 Å². The second-order valence-electron chi connectivity index (χ2n) is 4.22. The molecule has 0 unspecified atom stereocenters. The fourth-order valence-electron chi connectivity index (χ4n) is 1.50. The topological polar surface area (TPSA) is 61.8 Å². The molecule has 1 amide bonds. The summed E-state index contributed by atoms with van der Waals surface area (Å²) in [5, 5.41) is 11.7. The summed E-state index contributed by atoms with van der Waals surface area (Å²) in [5.74, 6) is -1.42. The van der Waals surface area contributed by atoms with Crippen molar-refractivity contribution in [3.63, 3.8) is 0 Å². The minimum Gasteiger partial charge on any atom is -0.508 e. The highest BCUT2D eigenvalue weighted by Crippen LogP contribution is 2.14. The largest absolute Gasteiger partial charge is 0.508 e. The van der Waals surface area contributed by atoms with E-state index in [-0.39, 0.29) is 11.3 Å². The molecule has 0 spiro atoms. The number of nitrogens with zero attached hydrogens (tertiary/aromatic N) is 1. The minimum absolute atomic E-state index is 0.0719. The lowest BCUT2D eigenvalue weighted by Crippen LogP contribution is -2.34. The Labute approximate surface area is 112 Å². The highest BCUT2D eigenvalue weighted by molar-refractivity contribution is 5.94. The van der Waals surface area contributed by atoms with Crippen LogP contribution in [0.3, 0.4) is 0 Å².